The van der Waals surface area contributed by atoms with Crippen LogP contribution >= 0.6 is 15.9 Å². The number of rotatable bonds is 6. The molecule has 0 aromatic heterocycles. The summed E-state index contributed by atoms with van der Waals surface area (Å²) in [5.41, 5.74) is 1.37. The topological polar surface area (TPSA) is 15.3 Å². The van der Waals surface area contributed by atoms with Crippen molar-refractivity contribution in [3.63, 3.8) is 0 Å². The second kappa shape index (κ2) is 5.98. The Morgan fingerprint density at radius 3 is 2.53 bits per heavy atom. The first-order valence-corrected chi connectivity index (χ1v) is 7.13. The van der Waals surface area contributed by atoms with Crippen LogP contribution in [0.5, 0.6) is 0 Å². The van der Waals surface area contributed by atoms with Crippen LogP contribution in [0.4, 0.5) is 0 Å². The molecule has 0 heterocycles. The van der Waals surface area contributed by atoms with E-state index >= 15 is 0 Å². The van der Waals surface area contributed by atoms with Crippen molar-refractivity contribution in [2.75, 3.05) is 20.6 Å². The summed E-state index contributed by atoms with van der Waals surface area (Å²) in [7, 11) is 4.29. The summed E-state index contributed by atoms with van der Waals surface area (Å²) in [5, 5.41) is 3.41. The molecule has 1 N–H and O–H groups in total. The second-order valence-electron chi connectivity index (χ2n) is 4.89. The van der Waals surface area contributed by atoms with Gasteiger partial charge in [-0.15, -0.1) is 0 Å². The molecule has 94 valence electrons. The molecule has 1 fully saturated rings. The lowest BCUT2D eigenvalue weighted by Crippen LogP contribution is -2.26. The fourth-order valence-corrected chi connectivity index (χ4v) is 2.47. The van der Waals surface area contributed by atoms with Gasteiger partial charge in [0.2, 0.25) is 0 Å². The number of halogens is 1. The second-order valence-corrected chi connectivity index (χ2v) is 5.81. The zero-order valence-electron chi connectivity index (χ0n) is 10.6. The molecule has 1 aliphatic carbocycles. The molecule has 1 aromatic rings. The van der Waals surface area contributed by atoms with E-state index in [9.17, 15) is 0 Å². The third-order valence-electron chi connectivity index (χ3n) is 3.56. The van der Waals surface area contributed by atoms with Gasteiger partial charge < -0.3 is 10.2 Å². The minimum absolute atomic E-state index is 0.462. The van der Waals surface area contributed by atoms with Gasteiger partial charge in [-0.05, 0) is 57.6 Å². The molecule has 17 heavy (non-hydrogen) atoms. The third kappa shape index (κ3) is 3.80. The smallest absolute Gasteiger partial charge is 0.0329 e. The molecule has 2 rings (SSSR count). The molecule has 0 amide bonds. The highest BCUT2D eigenvalue weighted by atomic mass is 79.9. The lowest BCUT2D eigenvalue weighted by Gasteiger charge is -2.21. The Hall–Kier alpha value is -0.380. The Labute approximate surface area is 113 Å². The molecule has 1 aromatic carbocycles. The van der Waals surface area contributed by atoms with Crippen molar-refractivity contribution in [3.8, 4) is 0 Å². The maximum Gasteiger partial charge on any atom is 0.0329 e. The number of hydrogen-bond donors (Lipinski definition) is 1. The highest BCUT2D eigenvalue weighted by Crippen LogP contribution is 2.27. The van der Waals surface area contributed by atoms with E-state index in [0.29, 0.717) is 6.04 Å². The average molecular weight is 297 g/mol. The van der Waals surface area contributed by atoms with Crippen LogP contribution in [0.2, 0.25) is 0 Å². The first kappa shape index (κ1) is 13.1. The molecule has 0 saturated heterocycles. The van der Waals surface area contributed by atoms with Gasteiger partial charge >= 0.3 is 0 Å². The van der Waals surface area contributed by atoms with Crippen LogP contribution in [0.25, 0.3) is 0 Å². The Kier molecular flexibility index (Phi) is 4.60. The molecule has 1 aliphatic rings. The predicted octanol–water partition coefficient (Wildman–Crippen LogP) is 3.19. The lowest BCUT2D eigenvalue weighted by molar-refractivity contribution is 0.302. The van der Waals surface area contributed by atoms with Gasteiger partial charge in [0.25, 0.3) is 0 Å². The van der Waals surface area contributed by atoms with Crippen molar-refractivity contribution in [1.82, 2.24) is 10.2 Å². The number of nitrogens with one attached hydrogen (secondary N) is 1. The van der Waals surface area contributed by atoms with Gasteiger partial charge in [0, 0.05) is 16.6 Å². The molecule has 0 bridgehead atoms. The summed E-state index contributed by atoms with van der Waals surface area (Å²) in [6.45, 7) is 1.17. The van der Waals surface area contributed by atoms with Crippen molar-refractivity contribution in [2.24, 2.45) is 0 Å². The van der Waals surface area contributed by atoms with E-state index in [1.807, 2.05) is 7.05 Å². The molecule has 2 nitrogen and oxygen atoms in total. The third-order valence-corrected chi connectivity index (χ3v) is 4.09. The van der Waals surface area contributed by atoms with Crippen molar-refractivity contribution < 1.29 is 0 Å². The van der Waals surface area contributed by atoms with E-state index in [4.69, 9.17) is 0 Å². The summed E-state index contributed by atoms with van der Waals surface area (Å²) in [5.74, 6) is 0. The molecular weight excluding hydrogens is 276 g/mol. The van der Waals surface area contributed by atoms with Gasteiger partial charge in [-0.2, -0.15) is 0 Å². The maximum atomic E-state index is 3.48. The van der Waals surface area contributed by atoms with Crippen molar-refractivity contribution in [2.45, 2.75) is 31.3 Å². The van der Waals surface area contributed by atoms with Crippen molar-refractivity contribution in [1.29, 1.82) is 0 Å². The number of nitrogens with zero attached hydrogens (tertiary/aromatic N) is 1. The van der Waals surface area contributed by atoms with E-state index in [2.05, 4.69) is 57.5 Å². The number of hydrogen-bond acceptors (Lipinski definition) is 2. The summed E-state index contributed by atoms with van der Waals surface area (Å²) in [6, 6.07) is 9.95. The van der Waals surface area contributed by atoms with E-state index in [0.717, 1.165) is 10.5 Å². The fraction of sp³-hybridized carbons (Fsp3) is 0.571. The van der Waals surface area contributed by atoms with Gasteiger partial charge in [0.05, 0.1) is 0 Å². The Balaban J connectivity index is 1.88. The van der Waals surface area contributed by atoms with Crippen LogP contribution in [0.15, 0.2) is 28.7 Å². The largest absolute Gasteiger partial charge is 0.313 e. The van der Waals surface area contributed by atoms with Gasteiger partial charge in [-0.25, -0.2) is 0 Å². The molecule has 1 unspecified atom stereocenters. The average Bonchev–Trinajstić information content (AvgIpc) is 3.16. The van der Waals surface area contributed by atoms with Gasteiger partial charge in [0.1, 0.15) is 0 Å². The fourth-order valence-electron chi connectivity index (χ4n) is 2.20. The van der Waals surface area contributed by atoms with Crippen LogP contribution in [-0.2, 0) is 0 Å². The molecule has 0 aliphatic heterocycles. The zero-order valence-corrected chi connectivity index (χ0v) is 12.2. The van der Waals surface area contributed by atoms with E-state index < -0.39 is 0 Å². The Morgan fingerprint density at radius 1 is 1.35 bits per heavy atom. The first-order valence-electron chi connectivity index (χ1n) is 6.33. The van der Waals surface area contributed by atoms with Crippen molar-refractivity contribution in [3.05, 3.63) is 34.3 Å². The standard InChI is InChI=1S/C14H21BrN2/c1-16-14(9-10-17(2)13-7-8-13)11-3-5-12(15)6-4-11/h3-6,13-14,16H,7-10H2,1-2H3. The lowest BCUT2D eigenvalue weighted by atomic mass is 10.0. The molecule has 0 spiro atoms. The summed E-state index contributed by atoms with van der Waals surface area (Å²) in [6.07, 6.45) is 3.95. The zero-order chi connectivity index (χ0) is 12.3. The van der Waals surface area contributed by atoms with Crippen LogP contribution < -0.4 is 5.32 Å². The Morgan fingerprint density at radius 2 is 2.00 bits per heavy atom. The molecular formula is C14H21BrN2. The minimum atomic E-state index is 0.462. The van der Waals surface area contributed by atoms with Gasteiger partial charge in [0.15, 0.2) is 0 Å². The van der Waals surface area contributed by atoms with Crippen LogP contribution in [-0.4, -0.2) is 31.6 Å². The molecule has 1 atom stereocenters. The van der Waals surface area contributed by atoms with Crippen molar-refractivity contribution >= 4 is 15.9 Å². The summed E-state index contributed by atoms with van der Waals surface area (Å²) < 4.78 is 1.14. The molecule has 0 radical (unpaired) electrons. The van der Waals surface area contributed by atoms with E-state index in [1.165, 1.54) is 31.4 Å². The molecule has 1 saturated carbocycles. The summed E-state index contributed by atoms with van der Waals surface area (Å²) >= 11 is 3.48. The predicted molar refractivity (Wildman–Crippen MR) is 76.2 cm³/mol. The number of benzene rings is 1. The van der Waals surface area contributed by atoms with Crippen LogP contribution in [0.3, 0.4) is 0 Å². The van der Waals surface area contributed by atoms with Gasteiger partial charge in [-0.3, -0.25) is 0 Å². The quantitative estimate of drug-likeness (QED) is 0.867. The SMILES string of the molecule is CNC(CCN(C)C1CC1)c1ccc(Br)cc1. The minimum Gasteiger partial charge on any atom is -0.313 e. The molecule has 3 heteroatoms. The summed E-state index contributed by atoms with van der Waals surface area (Å²) in [4.78, 5) is 2.49. The highest BCUT2D eigenvalue weighted by Gasteiger charge is 2.26. The van der Waals surface area contributed by atoms with Gasteiger partial charge in [-0.1, -0.05) is 28.1 Å². The van der Waals surface area contributed by atoms with E-state index in [1.54, 1.807) is 0 Å². The van der Waals surface area contributed by atoms with Crippen LogP contribution in [0.1, 0.15) is 30.9 Å². The first-order chi connectivity index (χ1) is 8.20. The van der Waals surface area contributed by atoms with Crippen LogP contribution in [0, 0.1) is 0 Å². The Bertz CT molecular complexity index is 346. The van der Waals surface area contributed by atoms with E-state index in [-0.39, 0.29) is 0 Å². The maximum absolute atomic E-state index is 3.48. The normalized spacial score (nSPS) is 17.4. The highest BCUT2D eigenvalue weighted by molar-refractivity contribution is 9.10. The monoisotopic (exact) mass is 296 g/mol.